The van der Waals surface area contributed by atoms with Gasteiger partial charge in [-0.2, -0.15) is 0 Å². The molecule has 294 valence electrons. The summed E-state index contributed by atoms with van der Waals surface area (Å²) in [4.78, 5) is 0. The standard InChI is InChI=1S/C57H61N/c1-6-42-27-32-47(33-28-42)46(8-3)39-48-34-30-44(35-36-58-56-23-15-13-21-52(56)53-22-14-16-24-57(53)58)38-55(48)54-37-43(26-25-41(54)5)29-31-45(7-2)50-19-11-12-20-51(50)49-18-10-9-17-40(49)4/h9-15,17-23,25-28,30,32-34,37-38,45-46H,6-8,16,24,29,31,35-36,39H2,1-5H3. The van der Waals surface area contributed by atoms with E-state index in [4.69, 9.17) is 0 Å². The molecule has 58 heavy (non-hydrogen) atoms. The average Bonchev–Trinajstić information content (AvgIpc) is 3.59. The number of hydrogen-bond acceptors (Lipinski definition) is 0. The maximum absolute atomic E-state index is 2.61. The van der Waals surface area contributed by atoms with Gasteiger partial charge < -0.3 is 4.57 Å². The van der Waals surface area contributed by atoms with Crippen LogP contribution in [0.15, 0.2) is 140 Å². The highest BCUT2D eigenvalue weighted by Crippen LogP contribution is 2.38. The summed E-state index contributed by atoms with van der Waals surface area (Å²) in [6.45, 7) is 12.5. The summed E-state index contributed by atoms with van der Waals surface area (Å²) in [5.74, 6) is 0.971. The van der Waals surface area contributed by atoms with Gasteiger partial charge in [-0.05, 0) is 156 Å². The van der Waals surface area contributed by atoms with Crippen LogP contribution in [0, 0.1) is 13.8 Å². The van der Waals surface area contributed by atoms with Gasteiger partial charge in [-0.25, -0.2) is 0 Å². The zero-order valence-electron chi connectivity index (χ0n) is 35.5. The Morgan fingerprint density at radius 1 is 0.586 bits per heavy atom. The fourth-order valence-electron chi connectivity index (χ4n) is 9.76. The molecule has 0 spiro atoms. The second-order valence-corrected chi connectivity index (χ2v) is 16.8. The van der Waals surface area contributed by atoms with Gasteiger partial charge in [0.2, 0.25) is 0 Å². The fourth-order valence-corrected chi connectivity index (χ4v) is 9.76. The van der Waals surface area contributed by atoms with Crippen LogP contribution in [0.25, 0.3) is 39.2 Å². The van der Waals surface area contributed by atoms with Crippen molar-refractivity contribution in [2.24, 2.45) is 0 Å². The van der Waals surface area contributed by atoms with E-state index in [2.05, 4.69) is 185 Å². The summed E-state index contributed by atoms with van der Waals surface area (Å²) >= 11 is 0. The summed E-state index contributed by atoms with van der Waals surface area (Å²) < 4.78 is 2.61. The molecule has 2 atom stereocenters. The third-order valence-electron chi connectivity index (χ3n) is 13.3. The molecule has 1 aliphatic rings. The lowest BCUT2D eigenvalue weighted by Gasteiger charge is -2.22. The summed E-state index contributed by atoms with van der Waals surface area (Å²) in [6.07, 6.45) is 14.5. The molecule has 0 aliphatic heterocycles. The third-order valence-corrected chi connectivity index (χ3v) is 13.3. The number of benzene rings is 6. The van der Waals surface area contributed by atoms with Crippen LogP contribution in [0.3, 0.4) is 0 Å². The molecule has 0 saturated heterocycles. The number of nitrogens with zero attached hydrogens (tertiary/aromatic N) is 1. The summed E-state index contributed by atoms with van der Waals surface area (Å²) in [6, 6.07) is 51.2. The highest BCUT2D eigenvalue weighted by molar-refractivity contribution is 5.92. The Balaban J connectivity index is 1.12. The first kappa shape index (κ1) is 39.4. The largest absolute Gasteiger partial charge is 0.344 e. The van der Waals surface area contributed by atoms with E-state index in [9.17, 15) is 0 Å². The molecule has 0 bridgehead atoms. The normalized spacial score (nSPS) is 13.5. The van der Waals surface area contributed by atoms with Gasteiger partial charge in [0, 0.05) is 28.7 Å². The van der Waals surface area contributed by atoms with Gasteiger partial charge in [0.05, 0.1) is 0 Å². The molecule has 2 unspecified atom stereocenters. The number of fused-ring (bicyclic) bond motifs is 3. The first-order valence-electron chi connectivity index (χ1n) is 22.2. The van der Waals surface area contributed by atoms with Gasteiger partial charge in [0.15, 0.2) is 0 Å². The summed E-state index contributed by atoms with van der Waals surface area (Å²) in [7, 11) is 0. The van der Waals surface area contributed by atoms with Crippen molar-refractivity contribution in [3.8, 4) is 22.3 Å². The first-order valence-corrected chi connectivity index (χ1v) is 22.2. The molecule has 7 aromatic rings. The first-order chi connectivity index (χ1) is 28.4. The predicted octanol–water partition coefficient (Wildman–Crippen LogP) is 15.2. The molecule has 0 radical (unpaired) electrons. The molecule has 6 aromatic carbocycles. The molecule has 1 nitrogen and oxygen atoms in total. The van der Waals surface area contributed by atoms with E-state index in [-0.39, 0.29) is 0 Å². The van der Waals surface area contributed by atoms with E-state index >= 15 is 0 Å². The van der Waals surface area contributed by atoms with Gasteiger partial charge in [0.25, 0.3) is 0 Å². The lowest BCUT2D eigenvalue weighted by atomic mass is 9.83. The zero-order valence-corrected chi connectivity index (χ0v) is 35.5. The van der Waals surface area contributed by atoms with Crippen LogP contribution in [-0.4, -0.2) is 4.57 Å². The third kappa shape index (κ3) is 8.28. The van der Waals surface area contributed by atoms with Gasteiger partial charge in [-0.15, -0.1) is 0 Å². The smallest absolute Gasteiger partial charge is 0.0488 e. The van der Waals surface area contributed by atoms with Crippen molar-refractivity contribution in [2.75, 3.05) is 0 Å². The average molecular weight is 760 g/mol. The van der Waals surface area contributed by atoms with Crippen molar-refractivity contribution in [2.45, 2.75) is 111 Å². The number of rotatable bonds is 15. The molecular formula is C57H61N. The Morgan fingerprint density at radius 3 is 2.05 bits per heavy atom. The van der Waals surface area contributed by atoms with Crippen molar-refractivity contribution in [3.05, 3.63) is 195 Å². The maximum atomic E-state index is 2.61. The van der Waals surface area contributed by atoms with Crippen molar-refractivity contribution in [1.82, 2.24) is 4.57 Å². The molecule has 1 aromatic heterocycles. The van der Waals surface area contributed by atoms with Crippen LogP contribution in [0.2, 0.25) is 0 Å². The SMILES string of the molecule is CCc1ccc(C(CC)Cc2ccc(CCn3c4c(c5ccccc53)C=CCC4)cc2-c2cc(CCC(CC)c3ccccc3-c3ccccc3C)ccc2C)cc1. The Labute approximate surface area is 348 Å². The number of allylic oxidation sites excluding steroid dienone is 1. The van der Waals surface area contributed by atoms with E-state index in [1.807, 2.05) is 0 Å². The molecule has 1 heterocycles. The molecule has 0 saturated carbocycles. The second kappa shape index (κ2) is 18.0. The van der Waals surface area contributed by atoms with E-state index in [1.54, 1.807) is 0 Å². The van der Waals surface area contributed by atoms with E-state index in [0.29, 0.717) is 11.8 Å². The fraction of sp³-hybridized carbons (Fsp3) is 0.298. The maximum Gasteiger partial charge on any atom is 0.0488 e. The van der Waals surface area contributed by atoms with Crippen molar-refractivity contribution >= 4 is 17.0 Å². The van der Waals surface area contributed by atoms with Crippen LogP contribution in [0.5, 0.6) is 0 Å². The van der Waals surface area contributed by atoms with Gasteiger partial charge in [0.1, 0.15) is 0 Å². The van der Waals surface area contributed by atoms with Crippen molar-refractivity contribution in [3.63, 3.8) is 0 Å². The lowest BCUT2D eigenvalue weighted by Crippen LogP contribution is -2.08. The van der Waals surface area contributed by atoms with Crippen LogP contribution in [0.1, 0.15) is 114 Å². The number of aryl methyl sites for hydroxylation is 6. The quantitative estimate of drug-likeness (QED) is 0.0981. The summed E-state index contributed by atoms with van der Waals surface area (Å²) in [5, 5.41) is 1.39. The van der Waals surface area contributed by atoms with Gasteiger partial charge >= 0.3 is 0 Å². The molecule has 0 fully saturated rings. The monoisotopic (exact) mass is 759 g/mol. The Bertz CT molecular complexity index is 2520. The van der Waals surface area contributed by atoms with Gasteiger partial charge in [-0.1, -0.05) is 160 Å². The Kier molecular flexibility index (Phi) is 12.3. The van der Waals surface area contributed by atoms with E-state index in [1.165, 1.54) is 88.9 Å². The van der Waals surface area contributed by atoms with Crippen LogP contribution in [-0.2, 0) is 38.6 Å². The van der Waals surface area contributed by atoms with Crippen LogP contribution >= 0.6 is 0 Å². The Hall–Kier alpha value is -5.40. The highest BCUT2D eigenvalue weighted by Gasteiger charge is 2.20. The predicted molar refractivity (Wildman–Crippen MR) is 250 cm³/mol. The molecule has 1 heteroatoms. The second-order valence-electron chi connectivity index (χ2n) is 16.8. The van der Waals surface area contributed by atoms with E-state index < -0.39 is 0 Å². The minimum absolute atomic E-state index is 0.475. The van der Waals surface area contributed by atoms with Gasteiger partial charge in [-0.3, -0.25) is 0 Å². The zero-order chi connectivity index (χ0) is 40.0. The topological polar surface area (TPSA) is 4.93 Å². The number of para-hydroxylation sites is 1. The van der Waals surface area contributed by atoms with Crippen LogP contribution < -0.4 is 0 Å². The van der Waals surface area contributed by atoms with Crippen LogP contribution in [0.4, 0.5) is 0 Å². The lowest BCUT2D eigenvalue weighted by molar-refractivity contribution is 0.607. The number of hydrogen-bond donors (Lipinski definition) is 0. The molecule has 8 rings (SSSR count). The minimum atomic E-state index is 0.475. The highest BCUT2D eigenvalue weighted by atomic mass is 15.0. The van der Waals surface area contributed by atoms with E-state index in [0.717, 1.165) is 64.3 Å². The van der Waals surface area contributed by atoms with Crippen molar-refractivity contribution < 1.29 is 0 Å². The molecule has 0 N–H and O–H groups in total. The molecule has 1 aliphatic carbocycles. The minimum Gasteiger partial charge on any atom is -0.344 e. The summed E-state index contributed by atoms with van der Waals surface area (Å²) in [5.41, 5.74) is 21.2. The van der Waals surface area contributed by atoms with Crippen molar-refractivity contribution in [1.29, 1.82) is 0 Å². The molecule has 0 amide bonds. The Morgan fingerprint density at radius 2 is 1.26 bits per heavy atom. The molecular weight excluding hydrogens is 699 g/mol. The number of aromatic nitrogens is 1.